The van der Waals surface area contributed by atoms with Crippen LogP contribution in [0.2, 0.25) is 0 Å². The maximum absolute atomic E-state index is 12.0. The number of hydrogen-bond donors (Lipinski definition) is 2. The lowest BCUT2D eigenvalue weighted by molar-refractivity contribution is -0.127. The molecule has 0 spiro atoms. The van der Waals surface area contributed by atoms with Gasteiger partial charge in [0, 0.05) is 38.6 Å². The third-order valence-electron chi connectivity index (χ3n) is 6.05. The molecule has 10 heteroatoms. The third kappa shape index (κ3) is 3.76. The SMILES string of the molecule is O=C1CCCN1CCn1cnc2c(NC3CC3)nc(NCc3ccc4c(c3)OCO4)nc21. The predicted molar refractivity (Wildman–Crippen MR) is 118 cm³/mol. The second kappa shape index (κ2) is 7.85. The quantitative estimate of drug-likeness (QED) is 0.555. The number of carbonyl (C=O) groups is 1. The van der Waals surface area contributed by atoms with Crippen LogP contribution in [-0.2, 0) is 17.9 Å². The second-order valence-corrected chi connectivity index (χ2v) is 8.45. The maximum Gasteiger partial charge on any atom is 0.231 e. The van der Waals surface area contributed by atoms with E-state index in [1.165, 1.54) is 0 Å². The lowest BCUT2D eigenvalue weighted by Crippen LogP contribution is -2.28. The molecule has 1 saturated heterocycles. The average molecular weight is 435 g/mol. The number of carbonyl (C=O) groups excluding carboxylic acids is 1. The van der Waals surface area contributed by atoms with Crippen LogP contribution < -0.4 is 20.1 Å². The Morgan fingerprint density at radius 2 is 2.03 bits per heavy atom. The molecule has 32 heavy (non-hydrogen) atoms. The molecule has 10 nitrogen and oxygen atoms in total. The molecule has 1 saturated carbocycles. The number of benzene rings is 1. The number of nitrogens with zero attached hydrogens (tertiary/aromatic N) is 5. The number of fused-ring (bicyclic) bond motifs is 2. The van der Waals surface area contributed by atoms with Crippen molar-refractivity contribution < 1.29 is 14.3 Å². The number of ether oxygens (including phenoxy) is 2. The van der Waals surface area contributed by atoms with E-state index >= 15 is 0 Å². The Morgan fingerprint density at radius 3 is 2.88 bits per heavy atom. The lowest BCUT2D eigenvalue weighted by atomic mass is 10.2. The van der Waals surface area contributed by atoms with Crippen LogP contribution in [0.3, 0.4) is 0 Å². The molecule has 0 bridgehead atoms. The van der Waals surface area contributed by atoms with Crippen LogP contribution >= 0.6 is 0 Å². The predicted octanol–water partition coefficient (Wildman–Crippen LogP) is 2.36. The van der Waals surface area contributed by atoms with Gasteiger partial charge in [-0.3, -0.25) is 4.79 Å². The third-order valence-corrected chi connectivity index (χ3v) is 6.05. The summed E-state index contributed by atoms with van der Waals surface area (Å²) in [7, 11) is 0. The molecule has 2 N–H and O–H groups in total. The lowest BCUT2D eigenvalue weighted by Gasteiger charge is -2.16. The van der Waals surface area contributed by atoms with Crippen molar-refractivity contribution in [1.82, 2.24) is 24.4 Å². The van der Waals surface area contributed by atoms with Crippen molar-refractivity contribution in [2.75, 3.05) is 30.5 Å². The van der Waals surface area contributed by atoms with Gasteiger partial charge in [-0.25, -0.2) is 4.98 Å². The summed E-state index contributed by atoms with van der Waals surface area (Å²) in [4.78, 5) is 27.9. The fraction of sp³-hybridized carbons (Fsp3) is 0.455. The van der Waals surface area contributed by atoms with E-state index in [1.54, 1.807) is 6.33 Å². The monoisotopic (exact) mass is 435 g/mol. The molecule has 6 rings (SSSR count). The molecule has 4 heterocycles. The highest BCUT2D eigenvalue weighted by Gasteiger charge is 2.25. The van der Waals surface area contributed by atoms with Gasteiger partial charge in [0.05, 0.1) is 6.33 Å². The Kier molecular flexibility index (Phi) is 4.70. The molecule has 0 unspecified atom stereocenters. The number of anilines is 2. The topological polar surface area (TPSA) is 106 Å². The number of rotatable bonds is 8. The normalized spacial score (nSPS) is 17.4. The van der Waals surface area contributed by atoms with Gasteiger partial charge in [0.2, 0.25) is 18.6 Å². The summed E-state index contributed by atoms with van der Waals surface area (Å²) in [6.07, 6.45) is 5.66. The highest BCUT2D eigenvalue weighted by molar-refractivity contribution is 5.84. The molecule has 1 aromatic carbocycles. The molecule has 1 amide bonds. The summed E-state index contributed by atoms with van der Waals surface area (Å²) in [5.41, 5.74) is 2.58. The van der Waals surface area contributed by atoms with Gasteiger partial charge in [-0.1, -0.05) is 6.07 Å². The van der Waals surface area contributed by atoms with E-state index in [0.29, 0.717) is 38.0 Å². The number of hydrogen-bond acceptors (Lipinski definition) is 8. The molecule has 166 valence electrons. The summed E-state index contributed by atoms with van der Waals surface area (Å²) < 4.78 is 12.9. The van der Waals surface area contributed by atoms with Crippen molar-refractivity contribution in [1.29, 1.82) is 0 Å². The number of likely N-dealkylation sites (tertiary alicyclic amines) is 1. The fourth-order valence-corrected chi connectivity index (χ4v) is 4.11. The smallest absolute Gasteiger partial charge is 0.231 e. The minimum absolute atomic E-state index is 0.228. The first-order valence-electron chi connectivity index (χ1n) is 11.1. The minimum atomic E-state index is 0.228. The van der Waals surface area contributed by atoms with Crippen LogP contribution in [0, 0.1) is 0 Å². The highest BCUT2D eigenvalue weighted by atomic mass is 16.7. The molecule has 3 aliphatic rings. The van der Waals surface area contributed by atoms with Gasteiger partial charge >= 0.3 is 0 Å². The van der Waals surface area contributed by atoms with Crippen molar-refractivity contribution in [2.45, 2.75) is 44.8 Å². The van der Waals surface area contributed by atoms with Gasteiger partial charge < -0.3 is 29.6 Å². The van der Waals surface area contributed by atoms with E-state index in [4.69, 9.17) is 19.4 Å². The van der Waals surface area contributed by atoms with Crippen molar-refractivity contribution in [3.8, 4) is 11.5 Å². The summed E-state index contributed by atoms with van der Waals surface area (Å²) in [5.74, 6) is 3.04. The highest BCUT2D eigenvalue weighted by Crippen LogP contribution is 2.33. The number of amides is 1. The van der Waals surface area contributed by atoms with Crippen LogP contribution in [0.15, 0.2) is 24.5 Å². The zero-order valence-electron chi connectivity index (χ0n) is 17.7. The summed E-state index contributed by atoms with van der Waals surface area (Å²) >= 11 is 0. The Morgan fingerprint density at radius 1 is 1.12 bits per heavy atom. The molecular weight excluding hydrogens is 410 g/mol. The number of imidazole rings is 1. The van der Waals surface area contributed by atoms with E-state index in [0.717, 1.165) is 59.9 Å². The maximum atomic E-state index is 12.0. The summed E-state index contributed by atoms with van der Waals surface area (Å²) in [5, 5.41) is 6.82. The molecule has 2 aliphatic heterocycles. The van der Waals surface area contributed by atoms with Crippen molar-refractivity contribution in [2.24, 2.45) is 0 Å². The van der Waals surface area contributed by atoms with Crippen LogP contribution in [0.4, 0.5) is 11.8 Å². The Labute approximate surface area is 184 Å². The number of nitrogens with one attached hydrogen (secondary N) is 2. The van der Waals surface area contributed by atoms with Crippen LogP contribution in [0.5, 0.6) is 11.5 Å². The first-order chi connectivity index (χ1) is 15.7. The fourth-order valence-electron chi connectivity index (χ4n) is 4.11. The summed E-state index contributed by atoms with van der Waals surface area (Å²) in [6.45, 7) is 2.97. The Bertz CT molecular complexity index is 1170. The van der Waals surface area contributed by atoms with Gasteiger partial charge in [0.1, 0.15) is 0 Å². The van der Waals surface area contributed by atoms with Crippen LogP contribution in [0.25, 0.3) is 11.2 Å². The van der Waals surface area contributed by atoms with E-state index in [1.807, 2.05) is 27.7 Å². The van der Waals surface area contributed by atoms with Crippen LogP contribution in [-0.4, -0.2) is 56.3 Å². The standard InChI is InChI=1S/C22H25N7O3/c30-18-2-1-7-28(18)8-9-29-12-24-19-20(25-15-4-5-15)26-22(27-21(19)29)23-11-14-3-6-16-17(10-14)32-13-31-16/h3,6,10,12,15H,1-2,4-5,7-9,11,13H2,(H2,23,25,26,27). The second-order valence-electron chi connectivity index (χ2n) is 8.45. The molecule has 3 aromatic rings. The van der Waals surface area contributed by atoms with Gasteiger partial charge in [-0.15, -0.1) is 0 Å². The first-order valence-corrected chi connectivity index (χ1v) is 11.1. The van der Waals surface area contributed by atoms with Crippen molar-refractivity contribution in [3.05, 3.63) is 30.1 Å². The Hall–Kier alpha value is -3.56. The zero-order valence-corrected chi connectivity index (χ0v) is 17.7. The van der Waals surface area contributed by atoms with Gasteiger partial charge in [0.15, 0.2) is 28.5 Å². The van der Waals surface area contributed by atoms with E-state index in [2.05, 4.69) is 15.6 Å². The average Bonchev–Trinajstić information content (AvgIpc) is 3.16. The molecule has 1 aliphatic carbocycles. The van der Waals surface area contributed by atoms with Gasteiger partial charge in [-0.05, 0) is 37.0 Å². The Balaban J connectivity index is 1.24. The molecule has 0 atom stereocenters. The first kappa shape index (κ1) is 19.1. The molecule has 2 fully saturated rings. The van der Waals surface area contributed by atoms with Crippen molar-refractivity contribution in [3.63, 3.8) is 0 Å². The minimum Gasteiger partial charge on any atom is -0.454 e. The van der Waals surface area contributed by atoms with Crippen LogP contribution in [0.1, 0.15) is 31.2 Å². The van der Waals surface area contributed by atoms with E-state index in [-0.39, 0.29) is 12.7 Å². The van der Waals surface area contributed by atoms with Crippen molar-refractivity contribution >= 4 is 28.8 Å². The molecule has 2 aromatic heterocycles. The molecule has 0 radical (unpaired) electrons. The van der Waals surface area contributed by atoms with Gasteiger partial charge in [-0.2, -0.15) is 9.97 Å². The number of aromatic nitrogens is 4. The molecular formula is C22H25N7O3. The van der Waals surface area contributed by atoms with E-state index in [9.17, 15) is 4.79 Å². The largest absolute Gasteiger partial charge is 0.454 e. The van der Waals surface area contributed by atoms with Gasteiger partial charge in [0.25, 0.3) is 0 Å². The summed E-state index contributed by atoms with van der Waals surface area (Å²) in [6, 6.07) is 6.33. The zero-order chi connectivity index (χ0) is 21.5. The van der Waals surface area contributed by atoms with E-state index < -0.39 is 0 Å².